The molecule has 0 saturated carbocycles. The molecule has 0 atom stereocenters. The predicted octanol–water partition coefficient (Wildman–Crippen LogP) is 3.31. The number of unbranched alkanes of at least 4 members (excludes halogenated alkanes) is 3. The molecule has 0 aliphatic rings. The van der Waals surface area contributed by atoms with Gasteiger partial charge in [-0.1, -0.05) is 12.8 Å². The van der Waals surface area contributed by atoms with E-state index in [-0.39, 0.29) is 11.6 Å². The van der Waals surface area contributed by atoms with Gasteiger partial charge in [0, 0.05) is 11.4 Å². The number of rotatable bonds is 6. The first kappa shape index (κ1) is 14.6. The molecule has 4 heteroatoms. The van der Waals surface area contributed by atoms with Crippen LogP contribution < -0.4 is 5.32 Å². The molecule has 1 amide bonds. The SMILES string of the molecule is CC(C)(C)NC(=O)OCCCCCCCl. The van der Waals surface area contributed by atoms with Gasteiger partial charge >= 0.3 is 6.09 Å². The lowest BCUT2D eigenvalue weighted by Crippen LogP contribution is -2.41. The van der Waals surface area contributed by atoms with Gasteiger partial charge in [-0.25, -0.2) is 4.79 Å². The van der Waals surface area contributed by atoms with Crippen LogP contribution in [0.25, 0.3) is 0 Å². The standard InChI is InChI=1S/C11H22ClNO2/c1-11(2,3)13-10(14)15-9-7-5-4-6-8-12/h4-9H2,1-3H3,(H,13,14). The summed E-state index contributed by atoms with van der Waals surface area (Å²) in [6.45, 7) is 6.27. The Labute approximate surface area is 97.5 Å². The van der Waals surface area contributed by atoms with Gasteiger partial charge in [-0.3, -0.25) is 0 Å². The summed E-state index contributed by atoms with van der Waals surface area (Å²) in [7, 11) is 0. The van der Waals surface area contributed by atoms with Gasteiger partial charge in [-0.15, -0.1) is 11.6 Å². The molecule has 0 aliphatic carbocycles. The van der Waals surface area contributed by atoms with Gasteiger partial charge in [0.2, 0.25) is 0 Å². The summed E-state index contributed by atoms with van der Waals surface area (Å²) in [5.41, 5.74) is -0.226. The molecule has 0 spiro atoms. The first-order valence-electron chi connectivity index (χ1n) is 5.46. The lowest BCUT2D eigenvalue weighted by Gasteiger charge is -2.19. The van der Waals surface area contributed by atoms with Gasteiger partial charge in [0.15, 0.2) is 0 Å². The predicted molar refractivity (Wildman–Crippen MR) is 63.4 cm³/mol. The molecule has 1 N–H and O–H groups in total. The second-order valence-electron chi connectivity index (χ2n) is 4.61. The van der Waals surface area contributed by atoms with Crippen LogP contribution in [0, 0.1) is 0 Å². The van der Waals surface area contributed by atoms with Crippen molar-refractivity contribution in [3.8, 4) is 0 Å². The van der Waals surface area contributed by atoms with E-state index in [1.165, 1.54) is 0 Å². The summed E-state index contributed by atoms with van der Waals surface area (Å²) in [6, 6.07) is 0. The van der Waals surface area contributed by atoms with E-state index in [0.717, 1.165) is 25.7 Å². The van der Waals surface area contributed by atoms with Gasteiger partial charge in [0.05, 0.1) is 6.61 Å². The molecule has 0 aliphatic heterocycles. The summed E-state index contributed by atoms with van der Waals surface area (Å²) in [5, 5.41) is 2.74. The van der Waals surface area contributed by atoms with Gasteiger partial charge in [0.25, 0.3) is 0 Å². The number of alkyl carbamates (subject to hydrolysis) is 1. The first-order valence-corrected chi connectivity index (χ1v) is 6.00. The minimum Gasteiger partial charge on any atom is -0.450 e. The lowest BCUT2D eigenvalue weighted by atomic mass is 10.1. The zero-order valence-corrected chi connectivity index (χ0v) is 10.7. The fraction of sp³-hybridized carbons (Fsp3) is 0.909. The van der Waals surface area contributed by atoms with Crippen molar-refractivity contribution in [3.05, 3.63) is 0 Å². The molecule has 0 aromatic heterocycles. The second kappa shape index (κ2) is 7.80. The Morgan fingerprint density at radius 1 is 1.20 bits per heavy atom. The zero-order chi connectivity index (χ0) is 11.7. The minimum atomic E-state index is -0.333. The van der Waals surface area contributed by atoms with E-state index in [4.69, 9.17) is 16.3 Å². The number of nitrogens with one attached hydrogen (secondary N) is 1. The van der Waals surface area contributed by atoms with Crippen LogP contribution in [0.5, 0.6) is 0 Å². The lowest BCUT2D eigenvalue weighted by molar-refractivity contribution is 0.135. The molecule has 0 radical (unpaired) electrons. The Balaban J connectivity index is 3.32. The summed E-state index contributed by atoms with van der Waals surface area (Å²) in [4.78, 5) is 11.2. The molecule has 0 fully saturated rings. The maximum Gasteiger partial charge on any atom is 0.407 e. The number of carbonyl (C=O) groups is 1. The molecular weight excluding hydrogens is 214 g/mol. The molecule has 3 nitrogen and oxygen atoms in total. The highest BCUT2D eigenvalue weighted by molar-refractivity contribution is 6.17. The highest BCUT2D eigenvalue weighted by atomic mass is 35.5. The topological polar surface area (TPSA) is 38.3 Å². The average molecular weight is 236 g/mol. The molecule has 0 aromatic carbocycles. The normalized spacial score (nSPS) is 11.2. The third-order valence-electron chi connectivity index (χ3n) is 1.74. The van der Waals surface area contributed by atoms with Gasteiger partial charge in [-0.05, 0) is 33.6 Å². The Bertz CT molecular complexity index is 178. The third kappa shape index (κ3) is 11.5. The fourth-order valence-corrected chi connectivity index (χ4v) is 1.25. The number of hydrogen-bond donors (Lipinski definition) is 1. The quantitative estimate of drug-likeness (QED) is 0.567. The van der Waals surface area contributed by atoms with E-state index in [1.807, 2.05) is 20.8 Å². The second-order valence-corrected chi connectivity index (χ2v) is 4.99. The fourth-order valence-electron chi connectivity index (χ4n) is 1.06. The maximum absolute atomic E-state index is 11.2. The van der Waals surface area contributed by atoms with Crippen molar-refractivity contribution < 1.29 is 9.53 Å². The van der Waals surface area contributed by atoms with Crippen molar-refractivity contribution in [2.45, 2.75) is 52.0 Å². The monoisotopic (exact) mass is 235 g/mol. The third-order valence-corrected chi connectivity index (χ3v) is 2.01. The highest BCUT2D eigenvalue weighted by Gasteiger charge is 2.13. The van der Waals surface area contributed by atoms with Crippen LogP contribution in [0.1, 0.15) is 46.5 Å². The zero-order valence-electron chi connectivity index (χ0n) is 9.94. The van der Waals surface area contributed by atoms with Crippen LogP contribution in [-0.2, 0) is 4.74 Å². The van der Waals surface area contributed by atoms with E-state index in [2.05, 4.69) is 5.32 Å². The van der Waals surface area contributed by atoms with E-state index in [0.29, 0.717) is 12.5 Å². The number of amides is 1. The van der Waals surface area contributed by atoms with Crippen LogP contribution in [0.15, 0.2) is 0 Å². The molecule has 0 bridgehead atoms. The van der Waals surface area contributed by atoms with Gasteiger partial charge in [0.1, 0.15) is 0 Å². The van der Waals surface area contributed by atoms with Gasteiger partial charge < -0.3 is 10.1 Å². The van der Waals surface area contributed by atoms with Crippen molar-refractivity contribution in [2.75, 3.05) is 12.5 Å². The number of alkyl halides is 1. The molecular formula is C11H22ClNO2. The molecule has 90 valence electrons. The number of hydrogen-bond acceptors (Lipinski definition) is 2. The molecule has 0 rings (SSSR count). The van der Waals surface area contributed by atoms with Crippen LogP contribution in [0.3, 0.4) is 0 Å². The van der Waals surface area contributed by atoms with Crippen LogP contribution in [-0.4, -0.2) is 24.1 Å². The average Bonchev–Trinajstić information content (AvgIpc) is 2.08. The Kier molecular flexibility index (Phi) is 7.57. The maximum atomic E-state index is 11.2. The Morgan fingerprint density at radius 2 is 1.80 bits per heavy atom. The number of carbonyl (C=O) groups excluding carboxylic acids is 1. The molecule has 0 heterocycles. The summed E-state index contributed by atoms with van der Waals surface area (Å²) in [5.74, 6) is 0.714. The van der Waals surface area contributed by atoms with Crippen LogP contribution in [0.2, 0.25) is 0 Å². The van der Waals surface area contributed by atoms with E-state index in [9.17, 15) is 4.79 Å². The highest BCUT2D eigenvalue weighted by Crippen LogP contribution is 2.02. The summed E-state index contributed by atoms with van der Waals surface area (Å²) < 4.78 is 5.02. The first-order chi connectivity index (χ1) is 6.95. The van der Waals surface area contributed by atoms with E-state index in [1.54, 1.807) is 0 Å². The molecule has 0 saturated heterocycles. The molecule has 0 aromatic rings. The van der Waals surface area contributed by atoms with Crippen molar-refractivity contribution in [2.24, 2.45) is 0 Å². The van der Waals surface area contributed by atoms with Crippen molar-refractivity contribution in [3.63, 3.8) is 0 Å². The van der Waals surface area contributed by atoms with Crippen LogP contribution >= 0.6 is 11.6 Å². The van der Waals surface area contributed by atoms with Crippen LogP contribution in [0.4, 0.5) is 4.79 Å². The summed E-state index contributed by atoms with van der Waals surface area (Å²) in [6.07, 6.45) is 3.79. The van der Waals surface area contributed by atoms with Crippen molar-refractivity contribution in [1.29, 1.82) is 0 Å². The molecule has 0 unspecified atom stereocenters. The molecule has 15 heavy (non-hydrogen) atoms. The smallest absolute Gasteiger partial charge is 0.407 e. The van der Waals surface area contributed by atoms with Crippen molar-refractivity contribution in [1.82, 2.24) is 5.32 Å². The Morgan fingerprint density at radius 3 is 2.33 bits per heavy atom. The van der Waals surface area contributed by atoms with Crippen molar-refractivity contribution >= 4 is 17.7 Å². The number of ether oxygens (including phenoxy) is 1. The van der Waals surface area contributed by atoms with E-state index < -0.39 is 0 Å². The Hall–Kier alpha value is -0.440. The largest absolute Gasteiger partial charge is 0.450 e. The van der Waals surface area contributed by atoms with Gasteiger partial charge in [-0.2, -0.15) is 0 Å². The van der Waals surface area contributed by atoms with E-state index >= 15 is 0 Å². The number of halogens is 1. The summed E-state index contributed by atoms with van der Waals surface area (Å²) >= 11 is 5.54. The minimum absolute atomic E-state index is 0.226.